The molecule has 0 spiro atoms. The molecule has 3 heteroatoms. The average Bonchev–Trinajstić information content (AvgIpc) is 2.00. The van der Waals surface area contributed by atoms with E-state index in [9.17, 15) is 4.79 Å². The molecular weight excluding hydrogens is 152 g/mol. The second kappa shape index (κ2) is 5.59. The van der Waals surface area contributed by atoms with E-state index in [2.05, 4.69) is 19.2 Å². The summed E-state index contributed by atoms with van der Waals surface area (Å²) >= 11 is 0. The Labute approximate surface area is 73.8 Å². The topological polar surface area (TPSA) is 52.9 Å². The molecule has 1 amide bonds. The first-order valence-electron chi connectivity index (χ1n) is 4.25. The van der Waals surface area contributed by atoms with Gasteiger partial charge < -0.3 is 5.32 Å². The summed E-state index contributed by atoms with van der Waals surface area (Å²) in [5, 5.41) is 11.0. The van der Waals surface area contributed by atoms with Crippen LogP contribution in [0.25, 0.3) is 0 Å². The summed E-state index contributed by atoms with van der Waals surface area (Å²) in [6, 6.07) is 1.58. The minimum absolute atomic E-state index is 0.0299. The molecule has 1 atom stereocenters. The number of nitrogens with one attached hydrogen (secondary N) is 1. The number of hydrogen-bond acceptors (Lipinski definition) is 2. The molecule has 0 aliphatic heterocycles. The second-order valence-electron chi connectivity index (χ2n) is 3.35. The summed E-state index contributed by atoms with van der Waals surface area (Å²) in [4.78, 5) is 11.1. The Kier molecular flexibility index (Phi) is 5.11. The zero-order chi connectivity index (χ0) is 9.56. The van der Waals surface area contributed by atoms with Crippen molar-refractivity contribution in [2.75, 3.05) is 0 Å². The fraction of sp³-hybridized carbons (Fsp3) is 0.778. The molecule has 0 aromatic heterocycles. The van der Waals surface area contributed by atoms with Crippen molar-refractivity contribution in [1.82, 2.24) is 5.32 Å². The van der Waals surface area contributed by atoms with Crippen molar-refractivity contribution in [2.45, 2.75) is 39.7 Å². The van der Waals surface area contributed by atoms with Crippen LogP contribution in [-0.2, 0) is 4.79 Å². The third kappa shape index (κ3) is 5.72. The van der Waals surface area contributed by atoms with Crippen molar-refractivity contribution >= 4 is 5.91 Å². The van der Waals surface area contributed by atoms with E-state index in [0.717, 1.165) is 6.42 Å². The molecule has 1 unspecified atom stereocenters. The summed E-state index contributed by atoms with van der Waals surface area (Å²) in [7, 11) is 0. The first-order valence-corrected chi connectivity index (χ1v) is 4.25. The molecule has 68 valence electrons. The van der Waals surface area contributed by atoms with Gasteiger partial charge in [0.2, 0.25) is 5.91 Å². The van der Waals surface area contributed by atoms with Gasteiger partial charge in [-0.3, -0.25) is 4.79 Å². The lowest BCUT2D eigenvalue weighted by Crippen LogP contribution is -2.31. The van der Waals surface area contributed by atoms with Gasteiger partial charge in [-0.15, -0.1) is 0 Å². The molecule has 0 fully saturated rings. The molecule has 0 saturated heterocycles. The molecule has 0 aliphatic rings. The average molecular weight is 168 g/mol. The van der Waals surface area contributed by atoms with E-state index in [0.29, 0.717) is 12.3 Å². The van der Waals surface area contributed by atoms with Gasteiger partial charge in [0.25, 0.3) is 0 Å². The van der Waals surface area contributed by atoms with Crippen LogP contribution in [0.5, 0.6) is 0 Å². The van der Waals surface area contributed by atoms with E-state index in [1.165, 1.54) is 0 Å². The van der Waals surface area contributed by atoms with Gasteiger partial charge in [-0.1, -0.05) is 13.8 Å². The predicted octanol–water partition coefficient (Wildman–Crippen LogP) is 1.45. The standard InChI is InChI=1S/C9H16N2O/c1-7(2)4-5-9(12)11-8(3)6-10/h7-8H,4-5H2,1-3H3,(H,11,12). The minimum Gasteiger partial charge on any atom is -0.341 e. The maximum absolute atomic E-state index is 11.1. The van der Waals surface area contributed by atoms with Crippen LogP contribution in [0.1, 0.15) is 33.6 Å². The quantitative estimate of drug-likeness (QED) is 0.690. The number of carbonyl (C=O) groups excluding carboxylic acids is 1. The second-order valence-corrected chi connectivity index (χ2v) is 3.35. The van der Waals surface area contributed by atoms with Crippen LogP contribution in [0.4, 0.5) is 0 Å². The Morgan fingerprint density at radius 3 is 2.50 bits per heavy atom. The summed E-state index contributed by atoms with van der Waals surface area (Å²) in [6.45, 7) is 5.81. The summed E-state index contributed by atoms with van der Waals surface area (Å²) in [5.74, 6) is 0.505. The molecule has 0 rings (SSSR count). The van der Waals surface area contributed by atoms with Crippen molar-refractivity contribution in [3.63, 3.8) is 0 Å². The third-order valence-electron chi connectivity index (χ3n) is 1.52. The lowest BCUT2D eigenvalue weighted by Gasteiger charge is -2.07. The Hall–Kier alpha value is -1.04. The Balaban J connectivity index is 3.55. The fourth-order valence-corrected chi connectivity index (χ4v) is 0.766. The van der Waals surface area contributed by atoms with Gasteiger partial charge in [-0.05, 0) is 19.3 Å². The molecule has 12 heavy (non-hydrogen) atoms. The number of hydrogen-bond donors (Lipinski definition) is 1. The third-order valence-corrected chi connectivity index (χ3v) is 1.52. The van der Waals surface area contributed by atoms with Crippen molar-refractivity contribution in [3.05, 3.63) is 0 Å². The van der Waals surface area contributed by atoms with Gasteiger partial charge >= 0.3 is 0 Å². The molecule has 0 radical (unpaired) electrons. The normalized spacial score (nSPS) is 12.2. The van der Waals surface area contributed by atoms with Gasteiger partial charge in [0.1, 0.15) is 6.04 Å². The van der Waals surface area contributed by atoms with Crippen LogP contribution in [0.15, 0.2) is 0 Å². The van der Waals surface area contributed by atoms with Gasteiger partial charge in [0.05, 0.1) is 6.07 Å². The Morgan fingerprint density at radius 1 is 1.50 bits per heavy atom. The van der Waals surface area contributed by atoms with Crippen LogP contribution >= 0.6 is 0 Å². The fourth-order valence-electron chi connectivity index (χ4n) is 0.766. The molecule has 0 saturated carbocycles. The maximum atomic E-state index is 11.1. The van der Waals surface area contributed by atoms with Crippen LogP contribution in [0.3, 0.4) is 0 Å². The monoisotopic (exact) mass is 168 g/mol. The zero-order valence-electron chi connectivity index (χ0n) is 7.92. The Morgan fingerprint density at radius 2 is 2.08 bits per heavy atom. The molecule has 0 aromatic carbocycles. The van der Waals surface area contributed by atoms with Gasteiger partial charge in [-0.25, -0.2) is 0 Å². The molecule has 0 bridgehead atoms. The molecule has 1 N–H and O–H groups in total. The van der Waals surface area contributed by atoms with E-state index in [1.807, 2.05) is 6.07 Å². The Bertz CT molecular complexity index is 181. The SMILES string of the molecule is CC(C)CCC(=O)NC(C)C#N. The lowest BCUT2D eigenvalue weighted by molar-refractivity contribution is -0.121. The molecule has 3 nitrogen and oxygen atoms in total. The highest BCUT2D eigenvalue weighted by Crippen LogP contribution is 2.02. The lowest BCUT2D eigenvalue weighted by atomic mass is 10.1. The smallest absolute Gasteiger partial charge is 0.221 e. The first kappa shape index (κ1) is 11.0. The first-order chi connectivity index (χ1) is 5.56. The van der Waals surface area contributed by atoms with E-state index >= 15 is 0 Å². The van der Waals surface area contributed by atoms with Crippen LogP contribution in [-0.4, -0.2) is 11.9 Å². The van der Waals surface area contributed by atoms with Crippen LogP contribution < -0.4 is 5.32 Å². The summed E-state index contributed by atoms with van der Waals surface area (Å²) < 4.78 is 0. The van der Waals surface area contributed by atoms with Gasteiger partial charge in [0, 0.05) is 6.42 Å². The number of amides is 1. The predicted molar refractivity (Wildman–Crippen MR) is 47.3 cm³/mol. The van der Waals surface area contributed by atoms with Crippen molar-refractivity contribution < 1.29 is 4.79 Å². The van der Waals surface area contributed by atoms with Crippen LogP contribution in [0, 0.1) is 17.2 Å². The van der Waals surface area contributed by atoms with E-state index in [-0.39, 0.29) is 11.9 Å². The maximum Gasteiger partial charge on any atom is 0.221 e. The summed E-state index contributed by atoms with van der Waals surface area (Å²) in [5.41, 5.74) is 0. The van der Waals surface area contributed by atoms with Gasteiger partial charge in [0.15, 0.2) is 0 Å². The van der Waals surface area contributed by atoms with Crippen LogP contribution in [0.2, 0.25) is 0 Å². The number of carbonyl (C=O) groups is 1. The highest BCUT2D eigenvalue weighted by molar-refractivity contribution is 5.76. The van der Waals surface area contributed by atoms with E-state index in [4.69, 9.17) is 5.26 Å². The highest BCUT2D eigenvalue weighted by atomic mass is 16.1. The largest absolute Gasteiger partial charge is 0.341 e. The minimum atomic E-state index is -0.371. The number of nitriles is 1. The van der Waals surface area contributed by atoms with E-state index < -0.39 is 0 Å². The number of nitrogens with zero attached hydrogens (tertiary/aromatic N) is 1. The van der Waals surface area contributed by atoms with Gasteiger partial charge in [-0.2, -0.15) is 5.26 Å². The van der Waals surface area contributed by atoms with E-state index in [1.54, 1.807) is 6.92 Å². The number of rotatable bonds is 4. The zero-order valence-corrected chi connectivity index (χ0v) is 7.92. The highest BCUT2D eigenvalue weighted by Gasteiger charge is 2.06. The van der Waals surface area contributed by atoms with Crippen molar-refractivity contribution in [2.24, 2.45) is 5.92 Å². The van der Waals surface area contributed by atoms with Crippen molar-refractivity contribution in [3.8, 4) is 6.07 Å². The molecule has 0 heterocycles. The summed E-state index contributed by atoms with van der Waals surface area (Å²) in [6.07, 6.45) is 1.40. The molecular formula is C9H16N2O. The van der Waals surface area contributed by atoms with Crippen molar-refractivity contribution in [1.29, 1.82) is 5.26 Å². The molecule has 0 aromatic rings. The molecule has 0 aliphatic carbocycles.